The number of rotatable bonds is 4. The van der Waals surface area contributed by atoms with Crippen LogP contribution in [0.25, 0.3) is 0 Å². The average molecular weight is 527 g/mol. The Morgan fingerprint density at radius 1 is 0.912 bits per heavy atom. The predicted molar refractivity (Wildman–Crippen MR) is 129 cm³/mol. The molecule has 2 bridgehead atoms. The van der Waals surface area contributed by atoms with E-state index in [1.54, 1.807) is 12.1 Å². The van der Waals surface area contributed by atoms with Crippen LogP contribution in [0.5, 0.6) is 0 Å². The quantitative estimate of drug-likeness (QED) is 0.571. The molecule has 4 heterocycles. The second-order valence-electron chi connectivity index (χ2n) is 9.79. The lowest BCUT2D eigenvalue weighted by atomic mass is 9.75. The van der Waals surface area contributed by atoms with Crippen LogP contribution in [0.15, 0.2) is 51.7 Å². The lowest BCUT2D eigenvalue weighted by molar-refractivity contribution is -0.159. The van der Waals surface area contributed by atoms with Crippen molar-refractivity contribution < 1.29 is 14.4 Å². The molecule has 0 spiro atoms. The molecule has 4 amide bonds. The third-order valence-electron chi connectivity index (χ3n) is 7.47. The van der Waals surface area contributed by atoms with Gasteiger partial charge in [-0.1, -0.05) is 34.1 Å². The van der Waals surface area contributed by atoms with Gasteiger partial charge in [0.2, 0.25) is 11.8 Å². The fourth-order valence-corrected chi connectivity index (χ4v) is 6.20. The molecule has 0 aliphatic carbocycles. The number of aromatic nitrogens is 1. The molecule has 1 aromatic heterocycles. The second kappa shape index (κ2) is 8.46. The van der Waals surface area contributed by atoms with Crippen LogP contribution in [0.2, 0.25) is 0 Å². The first-order chi connectivity index (χ1) is 16.2. The van der Waals surface area contributed by atoms with Crippen LogP contribution in [0.3, 0.4) is 0 Å². The largest absolute Gasteiger partial charge is 0.332 e. The first-order valence-corrected chi connectivity index (χ1v) is 12.3. The molecule has 3 aliphatic heterocycles. The van der Waals surface area contributed by atoms with Crippen LogP contribution in [0, 0.1) is 11.3 Å². The lowest BCUT2D eigenvalue weighted by Gasteiger charge is -2.48. The van der Waals surface area contributed by atoms with Crippen molar-refractivity contribution in [3.8, 4) is 0 Å². The minimum atomic E-state index is -1.40. The monoisotopic (exact) mass is 526 g/mol. The fourth-order valence-electron chi connectivity index (χ4n) is 5.93. The molecule has 2 fully saturated rings. The number of likely N-dealkylation sites (tertiary alicyclic amines) is 1. The number of fused-ring (bicyclic) bond motifs is 4. The molecular weight excluding hydrogens is 500 g/mol. The van der Waals surface area contributed by atoms with Crippen molar-refractivity contribution in [2.45, 2.75) is 25.3 Å². The third-order valence-corrected chi connectivity index (χ3v) is 8.00. The van der Waals surface area contributed by atoms with Crippen molar-refractivity contribution in [3.05, 3.63) is 68.5 Å². The van der Waals surface area contributed by atoms with E-state index in [-0.39, 0.29) is 30.4 Å². The number of pyridine rings is 1. The molecule has 34 heavy (non-hydrogen) atoms. The Morgan fingerprint density at radius 3 is 2.26 bits per heavy atom. The van der Waals surface area contributed by atoms with E-state index in [0.29, 0.717) is 19.6 Å². The molecule has 2 atom stereocenters. The van der Waals surface area contributed by atoms with Gasteiger partial charge < -0.3 is 9.47 Å². The molecule has 0 saturated carbocycles. The number of carbonyl (C=O) groups is 3. The van der Waals surface area contributed by atoms with Gasteiger partial charge in [-0.15, -0.1) is 0 Å². The van der Waals surface area contributed by atoms with Crippen LogP contribution in [0.4, 0.5) is 4.79 Å². The second-order valence-corrected chi connectivity index (χ2v) is 10.7. The van der Waals surface area contributed by atoms with Crippen LogP contribution in [-0.4, -0.2) is 70.8 Å². The maximum Gasteiger partial charge on any atom is 0.332 e. The Morgan fingerprint density at radius 2 is 1.59 bits per heavy atom. The molecule has 0 N–H and O–H groups in total. The van der Waals surface area contributed by atoms with Gasteiger partial charge in [0.25, 0.3) is 5.56 Å². The van der Waals surface area contributed by atoms with Crippen LogP contribution >= 0.6 is 15.9 Å². The van der Waals surface area contributed by atoms with E-state index in [9.17, 15) is 19.2 Å². The molecule has 9 heteroatoms. The minimum absolute atomic E-state index is 0.0201. The summed E-state index contributed by atoms with van der Waals surface area (Å²) < 4.78 is 2.78. The minimum Gasteiger partial charge on any atom is -0.312 e. The van der Waals surface area contributed by atoms with Crippen molar-refractivity contribution in [1.29, 1.82) is 0 Å². The van der Waals surface area contributed by atoms with Crippen molar-refractivity contribution in [1.82, 2.24) is 19.3 Å². The summed E-state index contributed by atoms with van der Waals surface area (Å²) >= 11 is 3.43. The highest BCUT2D eigenvalue weighted by atomic mass is 79.9. The molecule has 0 radical (unpaired) electrons. The summed E-state index contributed by atoms with van der Waals surface area (Å²) in [5.74, 6) is -0.495. The summed E-state index contributed by atoms with van der Waals surface area (Å²) in [7, 11) is 2.88. The first kappa shape index (κ1) is 23.0. The van der Waals surface area contributed by atoms with E-state index in [4.69, 9.17) is 0 Å². The van der Waals surface area contributed by atoms with Crippen LogP contribution in [0.1, 0.15) is 23.6 Å². The van der Waals surface area contributed by atoms with Gasteiger partial charge in [0.05, 0.1) is 0 Å². The zero-order chi connectivity index (χ0) is 24.2. The SMILES string of the molecule is CN1C(=O)N(C)C(=O)C(Cc2ccc(Br)cc2)(CN2C[C@@H]3C[C@H](C2)c2cccc(=O)n2C3)C1=O. The molecule has 0 unspecified atom stereocenters. The number of nitrogens with zero attached hydrogens (tertiary/aromatic N) is 4. The Kier molecular flexibility index (Phi) is 5.72. The highest BCUT2D eigenvalue weighted by molar-refractivity contribution is 9.10. The number of hydrogen-bond acceptors (Lipinski definition) is 5. The molecule has 3 aliphatic rings. The number of urea groups is 1. The fraction of sp³-hybridized carbons (Fsp3) is 0.440. The Bertz CT molecular complexity index is 1200. The van der Waals surface area contributed by atoms with Gasteiger partial charge in [-0.05, 0) is 42.5 Å². The third kappa shape index (κ3) is 3.71. The smallest absolute Gasteiger partial charge is 0.312 e. The zero-order valence-electron chi connectivity index (χ0n) is 19.2. The molecule has 178 valence electrons. The number of benzene rings is 1. The van der Waals surface area contributed by atoms with E-state index < -0.39 is 23.3 Å². The summed E-state index contributed by atoms with van der Waals surface area (Å²) in [5.41, 5.74) is 0.496. The predicted octanol–water partition coefficient (Wildman–Crippen LogP) is 2.31. The van der Waals surface area contributed by atoms with E-state index >= 15 is 0 Å². The molecule has 1 aromatic carbocycles. The van der Waals surface area contributed by atoms with Gasteiger partial charge in [-0.2, -0.15) is 0 Å². The van der Waals surface area contributed by atoms with Crippen molar-refractivity contribution in [2.24, 2.45) is 11.3 Å². The summed E-state index contributed by atoms with van der Waals surface area (Å²) in [5, 5.41) is 0. The van der Waals surface area contributed by atoms with E-state index in [1.165, 1.54) is 14.1 Å². The van der Waals surface area contributed by atoms with E-state index in [1.807, 2.05) is 34.9 Å². The molecular formula is C25H27BrN4O4. The lowest BCUT2D eigenvalue weighted by Crippen LogP contribution is -2.67. The number of barbiturate groups is 1. The highest BCUT2D eigenvalue weighted by Gasteiger charge is 2.56. The van der Waals surface area contributed by atoms with Gasteiger partial charge in [0, 0.05) is 62.4 Å². The number of amides is 4. The van der Waals surface area contributed by atoms with Crippen molar-refractivity contribution >= 4 is 33.8 Å². The van der Waals surface area contributed by atoms with Gasteiger partial charge in [0.1, 0.15) is 5.41 Å². The molecule has 2 aromatic rings. The maximum atomic E-state index is 13.6. The van der Waals surface area contributed by atoms with Crippen molar-refractivity contribution in [3.63, 3.8) is 0 Å². The molecule has 2 saturated heterocycles. The maximum absolute atomic E-state index is 13.6. The number of carbonyl (C=O) groups excluding carboxylic acids is 3. The molecule has 5 rings (SSSR count). The number of halogens is 1. The van der Waals surface area contributed by atoms with Gasteiger partial charge >= 0.3 is 6.03 Å². The van der Waals surface area contributed by atoms with E-state index in [2.05, 4.69) is 20.8 Å². The van der Waals surface area contributed by atoms with Crippen LogP contribution in [-0.2, 0) is 22.6 Å². The Balaban J connectivity index is 1.50. The summed E-state index contributed by atoms with van der Waals surface area (Å²) in [6, 6.07) is 12.4. The zero-order valence-corrected chi connectivity index (χ0v) is 20.8. The normalized spacial score (nSPS) is 24.4. The standard InChI is InChI=1S/C25H27BrN4O4/c1-27-22(32)25(23(33)28(2)24(27)34,11-16-6-8-19(26)9-7-16)15-29-12-17-10-18(14-29)20-4-3-5-21(31)30(20)13-17/h3-9,17-18H,10-15H2,1-2H3/t17-,18+/m0/s1. The van der Waals surface area contributed by atoms with Crippen molar-refractivity contribution in [2.75, 3.05) is 33.7 Å². The van der Waals surface area contributed by atoms with E-state index in [0.717, 1.165) is 32.0 Å². The Labute approximate surface area is 206 Å². The summed E-state index contributed by atoms with van der Waals surface area (Å²) in [6.07, 6.45) is 1.20. The summed E-state index contributed by atoms with van der Waals surface area (Å²) in [6.45, 7) is 2.22. The van der Waals surface area contributed by atoms with Gasteiger partial charge in [-0.25, -0.2) is 4.79 Å². The first-order valence-electron chi connectivity index (χ1n) is 11.5. The topological polar surface area (TPSA) is 82.9 Å². The highest BCUT2D eigenvalue weighted by Crippen LogP contribution is 2.39. The number of hydrogen-bond donors (Lipinski definition) is 0. The Hall–Kier alpha value is -2.78. The summed E-state index contributed by atoms with van der Waals surface area (Å²) in [4.78, 5) is 56.5. The number of imide groups is 2. The molecule has 8 nitrogen and oxygen atoms in total. The number of piperidine rings is 1. The van der Waals surface area contributed by atoms with Gasteiger partial charge in [0.15, 0.2) is 0 Å². The van der Waals surface area contributed by atoms with Gasteiger partial charge in [-0.3, -0.25) is 24.2 Å². The van der Waals surface area contributed by atoms with Crippen LogP contribution < -0.4 is 5.56 Å². The average Bonchev–Trinajstić information content (AvgIpc) is 2.82.